The Hall–Kier alpha value is -2.95. The van der Waals surface area contributed by atoms with E-state index in [0.717, 1.165) is 5.56 Å². The van der Waals surface area contributed by atoms with Crippen LogP contribution in [0.4, 0.5) is 11.6 Å². The lowest BCUT2D eigenvalue weighted by Gasteiger charge is -2.39. The predicted octanol–water partition coefficient (Wildman–Crippen LogP) is 0.613. The van der Waals surface area contributed by atoms with E-state index in [-0.39, 0.29) is 29.9 Å². The van der Waals surface area contributed by atoms with Crippen LogP contribution < -0.4 is 27.4 Å². The summed E-state index contributed by atoms with van der Waals surface area (Å²) in [6, 6.07) is 6.82. The number of hydrogen-bond donors (Lipinski definition) is 4. The second-order valence-electron chi connectivity index (χ2n) is 7.50. The maximum atomic E-state index is 13.1. The highest BCUT2D eigenvalue weighted by Gasteiger charge is 2.39. The van der Waals surface area contributed by atoms with Gasteiger partial charge in [-0.2, -0.15) is 0 Å². The first-order valence-corrected chi connectivity index (χ1v) is 10.1. The molecule has 1 fully saturated rings. The SMILES string of the molecule is COC[C@H](NC(=O)C1(N)CCN(c2ncnc(N)c2C(N)=O)CC1)c1ccc(Cl)cc1. The highest BCUT2D eigenvalue weighted by molar-refractivity contribution is 6.30. The second-order valence-corrected chi connectivity index (χ2v) is 7.93. The number of benzene rings is 1. The van der Waals surface area contributed by atoms with Gasteiger partial charge in [-0.15, -0.1) is 0 Å². The van der Waals surface area contributed by atoms with Crippen molar-refractivity contribution in [2.45, 2.75) is 24.4 Å². The van der Waals surface area contributed by atoms with Crippen molar-refractivity contribution in [2.24, 2.45) is 11.5 Å². The summed E-state index contributed by atoms with van der Waals surface area (Å²) in [5.41, 5.74) is 17.5. The molecule has 31 heavy (non-hydrogen) atoms. The average Bonchev–Trinajstić information content (AvgIpc) is 2.74. The van der Waals surface area contributed by atoms with Crippen LogP contribution in [-0.4, -0.2) is 54.1 Å². The van der Waals surface area contributed by atoms with Crippen LogP contribution in [0.15, 0.2) is 30.6 Å². The number of aromatic nitrogens is 2. The van der Waals surface area contributed by atoms with Crippen molar-refractivity contribution < 1.29 is 14.3 Å². The number of methoxy groups -OCH3 is 1. The molecule has 3 rings (SSSR count). The largest absolute Gasteiger partial charge is 0.383 e. The molecule has 1 aliphatic heterocycles. The van der Waals surface area contributed by atoms with Gasteiger partial charge in [-0.3, -0.25) is 9.59 Å². The van der Waals surface area contributed by atoms with Gasteiger partial charge in [-0.05, 0) is 30.5 Å². The molecule has 1 atom stereocenters. The van der Waals surface area contributed by atoms with Crippen molar-refractivity contribution in [1.29, 1.82) is 0 Å². The summed E-state index contributed by atoms with van der Waals surface area (Å²) in [7, 11) is 1.56. The minimum Gasteiger partial charge on any atom is -0.383 e. The fourth-order valence-corrected chi connectivity index (χ4v) is 3.72. The predicted molar refractivity (Wildman–Crippen MR) is 118 cm³/mol. The van der Waals surface area contributed by atoms with Gasteiger partial charge >= 0.3 is 0 Å². The molecule has 0 radical (unpaired) electrons. The van der Waals surface area contributed by atoms with Crippen LogP contribution in [-0.2, 0) is 9.53 Å². The Morgan fingerprint density at radius 1 is 1.26 bits per heavy atom. The molecule has 0 spiro atoms. The first kappa shape index (κ1) is 22.7. The molecule has 166 valence electrons. The van der Waals surface area contributed by atoms with Crippen molar-refractivity contribution in [2.75, 3.05) is 37.4 Å². The van der Waals surface area contributed by atoms with Gasteiger partial charge in [0, 0.05) is 25.2 Å². The number of piperidine rings is 1. The monoisotopic (exact) mass is 447 g/mol. The molecule has 1 aromatic carbocycles. The lowest BCUT2D eigenvalue weighted by atomic mass is 9.87. The molecule has 1 aliphatic rings. The van der Waals surface area contributed by atoms with Crippen LogP contribution in [0.5, 0.6) is 0 Å². The van der Waals surface area contributed by atoms with Gasteiger partial charge in [-0.25, -0.2) is 9.97 Å². The molecule has 2 amide bonds. The van der Waals surface area contributed by atoms with Crippen LogP contribution in [0.2, 0.25) is 5.02 Å². The van der Waals surface area contributed by atoms with Crippen LogP contribution in [0, 0.1) is 0 Å². The van der Waals surface area contributed by atoms with E-state index in [4.69, 9.17) is 33.5 Å². The van der Waals surface area contributed by atoms with Gasteiger partial charge in [0.25, 0.3) is 5.91 Å². The molecular formula is C20H26ClN7O3. The molecule has 0 aliphatic carbocycles. The molecule has 0 unspecified atom stereocenters. The number of primary amides is 1. The molecule has 0 saturated carbocycles. The quantitative estimate of drug-likeness (QED) is 0.479. The zero-order valence-electron chi connectivity index (χ0n) is 17.2. The number of anilines is 2. The first-order valence-electron chi connectivity index (χ1n) is 9.74. The molecule has 11 heteroatoms. The normalized spacial score (nSPS) is 16.5. The highest BCUT2D eigenvalue weighted by atomic mass is 35.5. The number of nitrogens with one attached hydrogen (secondary N) is 1. The number of nitrogens with two attached hydrogens (primary N) is 3. The Kier molecular flexibility index (Phi) is 6.94. The van der Waals surface area contributed by atoms with Crippen LogP contribution in [0.1, 0.15) is 34.8 Å². The molecule has 2 heterocycles. The smallest absolute Gasteiger partial charge is 0.256 e. The van der Waals surface area contributed by atoms with Crippen molar-refractivity contribution in [3.8, 4) is 0 Å². The number of carbonyl (C=O) groups excluding carboxylic acids is 2. The lowest BCUT2D eigenvalue weighted by Crippen LogP contribution is -2.60. The number of halogens is 1. The summed E-state index contributed by atoms with van der Waals surface area (Å²) in [6.07, 6.45) is 1.97. The van der Waals surface area contributed by atoms with E-state index in [9.17, 15) is 9.59 Å². The third-order valence-corrected chi connectivity index (χ3v) is 5.67. The molecule has 1 aromatic heterocycles. The number of rotatable bonds is 7. The van der Waals surface area contributed by atoms with E-state index in [1.165, 1.54) is 6.33 Å². The van der Waals surface area contributed by atoms with Crippen LogP contribution in [0.3, 0.4) is 0 Å². The number of nitrogen functional groups attached to an aromatic ring is 1. The molecular weight excluding hydrogens is 422 g/mol. The Balaban J connectivity index is 1.71. The molecule has 7 N–H and O–H groups in total. The van der Waals surface area contributed by atoms with Crippen molar-refractivity contribution in [3.63, 3.8) is 0 Å². The van der Waals surface area contributed by atoms with E-state index in [1.807, 2.05) is 17.0 Å². The summed E-state index contributed by atoms with van der Waals surface area (Å²) >= 11 is 5.96. The van der Waals surface area contributed by atoms with E-state index in [2.05, 4.69) is 15.3 Å². The zero-order valence-corrected chi connectivity index (χ0v) is 17.9. The fourth-order valence-electron chi connectivity index (χ4n) is 3.60. The van der Waals surface area contributed by atoms with Crippen molar-refractivity contribution in [1.82, 2.24) is 15.3 Å². The molecule has 0 bridgehead atoms. The minimum atomic E-state index is -1.08. The second kappa shape index (κ2) is 9.46. The minimum absolute atomic E-state index is 0.0187. The standard InChI is InChI=1S/C20H26ClN7O3/c1-31-10-14(12-2-4-13(21)5-3-12)27-19(30)20(24)6-8-28(9-7-20)18-15(17(23)29)16(22)25-11-26-18/h2-5,11,14H,6-10,24H2,1H3,(H2,23,29)(H,27,30)(H2,22,25,26)/t14-/m0/s1. The van der Waals surface area contributed by atoms with Crippen molar-refractivity contribution >= 4 is 35.1 Å². The van der Waals surface area contributed by atoms with Gasteiger partial charge < -0.3 is 32.2 Å². The van der Waals surface area contributed by atoms with Gasteiger partial charge in [0.1, 0.15) is 23.5 Å². The number of ether oxygens (including phenoxy) is 1. The Morgan fingerprint density at radius 2 is 1.90 bits per heavy atom. The maximum absolute atomic E-state index is 13.1. The molecule has 2 aromatic rings. The van der Waals surface area contributed by atoms with Gasteiger partial charge in [0.15, 0.2) is 0 Å². The van der Waals surface area contributed by atoms with Gasteiger partial charge in [-0.1, -0.05) is 23.7 Å². The van der Waals surface area contributed by atoms with Crippen LogP contribution >= 0.6 is 11.6 Å². The zero-order chi connectivity index (χ0) is 22.6. The topological polar surface area (TPSA) is 162 Å². The number of nitrogens with zero attached hydrogens (tertiary/aromatic N) is 3. The molecule has 1 saturated heterocycles. The summed E-state index contributed by atoms with van der Waals surface area (Å²) in [5, 5.41) is 3.59. The third kappa shape index (κ3) is 5.04. The lowest BCUT2D eigenvalue weighted by molar-refractivity contribution is -0.128. The van der Waals surface area contributed by atoms with Gasteiger partial charge in [0.05, 0.1) is 18.2 Å². The molecule has 10 nitrogen and oxygen atoms in total. The summed E-state index contributed by atoms with van der Waals surface area (Å²) in [4.78, 5) is 34.7. The summed E-state index contributed by atoms with van der Waals surface area (Å²) in [6.45, 7) is 1.09. The summed E-state index contributed by atoms with van der Waals surface area (Å²) < 4.78 is 5.26. The van der Waals surface area contributed by atoms with E-state index in [0.29, 0.717) is 36.8 Å². The van der Waals surface area contributed by atoms with Gasteiger partial charge in [0.2, 0.25) is 5.91 Å². The Bertz CT molecular complexity index is 946. The number of amides is 2. The third-order valence-electron chi connectivity index (χ3n) is 5.42. The Morgan fingerprint density at radius 3 is 2.48 bits per heavy atom. The van der Waals surface area contributed by atoms with Crippen LogP contribution in [0.25, 0.3) is 0 Å². The summed E-state index contributed by atoms with van der Waals surface area (Å²) in [5.74, 6) is -0.617. The number of hydrogen-bond acceptors (Lipinski definition) is 8. The maximum Gasteiger partial charge on any atom is 0.256 e. The van der Waals surface area contributed by atoms with E-state index < -0.39 is 11.4 Å². The van der Waals surface area contributed by atoms with E-state index >= 15 is 0 Å². The highest BCUT2D eigenvalue weighted by Crippen LogP contribution is 2.28. The fraction of sp³-hybridized carbons (Fsp3) is 0.400. The Labute approximate surface area is 185 Å². The van der Waals surface area contributed by atoms with E-state index in [1.54, 1.807) is 19.2 Å². The van der Waals surface area contributed by atoms with Crippen molar-refractivity contribution in [3.05, 3.63) is 46.7 Å². The first-order chi connectivity index (χ1) is 14.7. The number of carbonyl (C=O) groups is 2. The average molecular weight is 448 g/mol.